The van der Waals surface area contributed by atoms with Crippen LogP contribution in [0.25, 0.3) is 5.69 Å². The number of nitrogens with zero attached hydrogens (tertiary/aromatic N) is 5. The van der Waals surface area contributed by atoms with Gasteiger partial charge in [0.2, 0.25) is 0 Å². The number of thiophene rings is 1. The Morgan fingerprint density at radius 3 is 2.47 bits per heavy atom. The highest BCUT2D eigenvalue weighted by molar-refractivity contribution is 7.16. The smallest absolute Gasteiger partial charge is 0.265 e. The summed E-state index contributed by atoms with van der Waals surface area (Å²) in [6, 6.07) is 10.5. The lowest BCUT2D eigenvalue weighted by atomic mass is 10.2. The number of aryl methyl sites for hydroxylation is 1. The summed E-state index contributed by atoms with van der Waals surface area (Å²) < 4.78 is 3.49. The third-order valence-electron chi connectivity index (χ3n) is 4.29. The Balaban J connectivity index is 1.31. The molecule has 0 unspecified atom stereocenters. The predicted molar refractivity (Wildman–Crippen MR) is 113 cm³/mol. The predicted octanol–water partition coefficient (Wildman–Crippen LogP) is 2.29. The zero-order chi connectivity index (χ0) is 20.9. The molecule has 30 heavy (non-hydrogen) atoms. The molecule has 10 heteroatoms. The van der Waals surface area contributed by atoms with Gasteiger partial charge in [-0.1, -0.05) is 0 Å². The third-order valence-corrected chi connectivity index (χ3v) is 5.37. The Hall–Kier alpha value is -3.79. The minimum atomic E-state index is -0.263. The number of rotatable bonds is 7. The topological polar surface area (TPSA) is 107 Å². The van der Waals surface area contributed by atoms with Crippen LogP contribution in [0.5, 0.6) is 0 Å². The van der Waals surface area contributed by atoms with Gasteiger partial charge in [-0.2, -0.15) is 5.10 Å². The average molecular weight is 421 g/mol. The van der Waals surface area contributed by atoms with E-state index in [1.165, 1.54) is 6.33 Å². The van der Waals surface area contributed by atoms with Crippen molar-refractivity contribution in [3.05, 3.63) is 77.0 Å². The average Bonchev–Trinajstić information content (AvgIpc) is 3.50. The van der Waals surface area contributed by atoms with Gasteiger partial charge in [0.05, 0.1) is 27.5 Å². The molecule has 0 aliphatic rings. The van der Waals surface area contributed by atoms with Gasteiger partial charge in [0.1, 0.15) is 12.7 Å². The fourth-order valence-corrected chi connectivity index (χ4v) is 3.62. The number of aromatic nitrogens is 5. The summed E-state index contributed by atoms with van der Waals surface area (Å²) in [7, 11) is 1.90. The number of carbonyl (C=O) groups excluding carboxylic acids is 2. The third kappa shape index (κ3) is 4.61. The Bertz CT molecular complexity index is 1150. The van der Waals surface area contributed by atoms with Crippen molar-refractivity contribution in [2.45, 2.75) is 6.42 Å². The first-order valence-electron chi connectivity index (χ1n) is 9.20. The maximum absolute atomic E-state index is 12.5. The van der Waals surface area contributed by atoms with Crippen molar-refractivity contribution in [2.24, 2.45) is 7.05 Å². The second kappa shape index (κ2) is 8.70. The van der Waals surface area contributed by atoms with Crippen LogP contribution in [0.2, 0.25) is 0 Å². The first kappa shape index (κ1) is 19.5. The van der Waals surface area contributed by atoms with E-state index in [1.54, 1.807) is 41.6 Å². The molecule has 1 aromatic carbocycles. The Labute approximate surface area is 176 Å². The van der Waals surface area contributed by atoms with Gasteiger partial charge in [0, 0.05) is 31.9 Å². The largest absolute Gasteiger partial charge is 0.351 e. The van der Waals surface area contributed by atoms with Gasteiger partial charge in [0.25, 0.3) is 11.8 Å². The summed E-state index contributed by atoms with van der Waals surface area (Å²) in [4.78, 5) is 33.9. The lowest BCUT2D eigenvalue weighted by Gasteiger charge is -2.05. The lowest BCUT2D eigenvalue weighted by molar-refractivity contribution is 0.0957. The number of imidazole rings is 1. The van der Waals surface area contributed by atoms with Crippen molar-refractivity contribution in [2.75, 3.05) is 11.9 Å². The van der Waals surface area contributed by atoms with Gasteiger partial charge in [0.15, 0.2) is 0 Å². The Morgan fingerprint density at radius 2 is 1.80 bits per heavy atom. The van der Waals surface area contributed by atoms with Gasteiger partial charge in [-0.3, -0.25) is 9.59 Å². The molecule has 4 aromatic rings. The molecule has 0 fully saturated rings. The zero-order valence-electron chi connectivity index (χ0n) is 16.1. The fraction of sp³-hybridized carbons (Fsp3) is 0.150. The van der Waals surface area contributed by atoms with Gasteiger partial charge in [-0.05, 0) is 36.4 Å². The molecule has 9 nitrogen and oxygen atoms in total. The standard InChI is InChI=1S/C20H19N7O2S/c1-26-10-15(23-13-26)8-9-22-19(28)17-6-7-18(30-17)20(29)25-14-2-4-16(5-3-14)27-12-21-11-24-27/h2-7,10-13H,8-9H2,1H3,(H,22,28)(H,25,29). The van der Waals surface area contributed by atoms with E-state index in [1.807, 2.05) is 29.9 Å². The molecular weight excluding hydrogens is 402 g/mol. The minimum absolute atomic E-state index is 0.202. The minimum Gasteiger partial charge on any atom is -0.351 e. The summed E-state index contributed by atoms with van der Waals surface area (Å²) in [5, 5.41) is 9.75. The highest BCUT2D eigenvalue weighted by Crippen LogP contribution is 2.19. The van der Waals surface area contributed by atoms with E-state index in [9.17, 15) is 9.59 Å². The first-order valence-corrected chi connectivity index (χ1v) is 10.0. The summed E-state index contributed by atoms with van der Waals surface area (Å²) in [5.74, 6) is -0.465. The van der Waals surface area contributed by atoms with Gasteiger partial charge < -0.3 is 15.2 Å². The van der Waals surface area contributed by atoms with E-state index in [4.69, 9.17) is 0 Å². The van der Waals surface area contributed by atoms with E-state index in [-0.39, 0.29) is 11.8 Å². The van der Waals surface area contributed by atoms with Crippen LogP contribution in [0.3, 0.4) is 0 Å². The SMILES string of the molecule is Cn1cnc(CCNC(=O)c2ccc(C(=O)Nc3ccc(-n4cncn4)cc3)s2)c1. The van der Waals surface area contributed by atoms with E-state index in [0.717, 1.165) is 22.7 Å². The summed E-state index contributed by atoms with van der Waals surface area (Å²) in [5.41, 5.74) is 2.41. The van der Waals surface area contributed by atoms with Crippen molar-refractivity contribution in [3.8, 4) is 5.69 Å². The van der Waals surface area contributed by atoms with Crippen molar-refractivity contribution >= 4 is 28.8 Å². The maximum atomic E-state index is 12.5. The highest BCUT2D eigenvalue weighted by Gasteiger charge is 2.14. The van der Waals surface area contributed by atoms with Crippen molar-refractivity contribution in [1.29, 1.82) is 0 Å². The molecule has 2 N–H and O–H groups in total. The second-order valence-electron chi connectivity index (χ2n) is 6.54. The molecule has 3 aromatic heterocycles. The van der Waals surface area contributed by atoms with Crippen LogP contribution in [0.15, 0.2) is 61.6 Å². The summed E-state index contributed by atoms with van der Waals surface area (Å²) in [6.07, 6.45) is 7.35. The van der Waals surface area contributed by atoms with Crippen LogP contribution in [-0.4, -0.2) is 42.7 Å². The Kier molecular flexibility index (Phi) is 5.66. The molecule has 0 bridgehead atoms. The van der Waals surface area contributed by atoms with Crippen molar-refractivity contribution < 1.29 is 9.59 Å². The molecule has 0 saturated carbocycles. The summed E-state index contributed by atoms with van der Waals surface area (Å²) >= 11 is 1.15. The molecule has 0 spiro atoms. The molecule has 4 rings (SSSR count). The van der Waals surface area contributed by atoms with Crippen LogP contribution in [0, 0.1) is 0 Å². The highest BCUT2D eigenvalue weighted by atomic mass is 32.1. The molecule has 0 aliphatic heterocycles. The van der Waals surface area contributed by atoms with Crippen LogP contribution >= 0.6 is 11.3 Å². The molecule has 3 heterocycles. The molecule has 0 aliphatic carbocycles. The van der Waals surface area contributed by atoms with Crippen molar-refractivity contribution in [3.63, 3.8) is 0 Å². The summed E-state index contributed by atoms with van der Waals surface area (Å²) in [6.45, 7) is 0.480. The Morgan fingerprint density at radius 1 is 1.03 bits per heavy atom. The molecule has 2 amide bonds. The zero-order valence-corrected chi connectivity index (χ0v) is 17.0. The van der Waals surface area contributed by atoms with Crippen molar-refractivity contribution in [1.82, 2.24) is 29.6 Å². The van der Waals surface area contributed by atoms with Gasteiger partial charge in [-0.15, -0.1) is 11.3 Å². The van der Waals surface area contributed by atoms with E-state index < -0.39 is 0 Å². The maximum Gasteiger partial charge on any atom is 0.265 e. The van der Waals surface area contributed by atoms with E-state index in [0.29, 0.717) is 28.4 Å². The number of carbonyl (C=O) groups is 2. The molecule has 0 saturated heterocycles. The van der Waals surface area contributed by atoms with Crippen LogP contribution in [0.4, 0.5) is 5.69 Å². The van der Waals surface area contributed by atoms with E-state index >= 15 is 0 Å². The quantitative estimate of drug-likeness (QED) is 0.476. The van der Waals surface area contributed by atoms with Crippen LogP contribution < -0.4 is 10.6 Å². The van der Waals surface area contributed by atoms with E-state index in [2.05, 4.69) is 25.7 Å². The molecule has 0 atom stereocenters. The van der Waals surface area contributed by atoms with Crippen LogP contribution in [-0.2, 0) is 13.5 Å². The molecular formula is C20H19N7O2S. The molecule has 152 valence electrons. The number of amides is 2. The van der Waals surface area contributed by atoms with Crippen LogP contribution in [0.1, 0.15) is 25.0 Å². The number of benzene rings is 1. The number of nitrogens with one attached hydrogen (secondary N) is 2. The number of anilines is 1. The monoisotopic (exact) mass is 421 g/mol. The normalized spacial score (nSPS) is 10.7. The number of hydrogen-bond acceptors (Lipinski definition) is 6. The fourth-order valence-electron chi connectivity index (χ4n) is 2.80. The first-order chi connectivity index (χ1) is 14.6. The molecule has 0 radical (unpaired) electrons. The lowest BCUT2D eigenvalue weighted by Crippen LogP contribution is -2.24. The second-order valence-corrected chi connectivity index (χ2v) is 7.63. The number of hydrogen-bond donors (Lipinski definition) is 2. The van der Waals surface area contributed by atoms with Gasteiger partial charge >= 0.3 is 0 Å². The van der Waals surface area contributed by atoms with Gasteiger partial charge in [-0.25, -0.2) is 14.6 Å².